The van der Waals surface area contributed by atoms with E-state index >= 15 is 0 Å². The number of aliphatic hydroxyl groups is 1. The second-order valence-electron chi connectivity index (χ2n) is 26.6. The van der Waals surface area contributed by atoms with Crippen molar-refractivity contribution in [3.05, 3.63) is 0 Å². The van der Waals surface area contributed by atoms with Gasteiger partial charge in [-0.2, -0.15) is 0 Å². The molecule has 522 valence electrons. The summed E-state index contributed by atoms with van der Waals surface area (Å²) in [5.41, 5.74) is 0. The van der Waals surface area contributed by atoms with Gasteiger partial charge in [0.2, 0.25) is 0 Å². The zero-order chi connectivity index (χ0) is 65.4. The summed E-state index contributed by atoms with van der Waals surface area (Å²) in [5.74, 6) is 0.837. The van der Waals surface area contributed by atoms with Gasteiger partial charge in [0.25, 0.3) is 0 Å². The Hall–Kier alpha value is -1.94. The van der Waals surface area contributed by atoms with Gasteiger partial charge >= 0.3 is 39.5 Å². The summed E-state index contributed by atoms with van der Waals surface area (Å²) in [5, 5.41) is 10.6. The van der Waals surface area contributed by atoms with E-state index in [2.05, 4.69) is 55.4 Å². The number of ether oxygens (including phenoxy) is 4. The second kappa shape index (κ2) is 58.8. The largest absolute Gasteiger partial charge is 0.472 e. The molecule has 0 aromatic rings. The Balaban J connectivity index is 5.25. The zero-order valence-electron chi connectivity index (χ0n) is 57.3. The van der Waals surface area contributed by atoms with E-state index in [0.29, 0.717) is 25.7 Å². The van der Waals surface area contributed by atoms with Crippen molar-refractivity contribution in [3.63, 3.8) is 0 Å². The highest BCUT2D eigenvalue weighted by Gasteiger charge is 2.30. The summed E-state index contributed by atoms with van der Waals surface area (Å²) in [4.78, 5) is 72.5. The average Bonchev–Trinajstić information content (AvgIpc) is 3.53. The molecule has 0 aromatic heterocycles. The number of phosphoric acid groups is 2. The molecule has 19 heteroatoms. The lowest BCUT2D eigenvalue weighted by atomic mass is 10.00. The molecule has 0 saturated carbocycles. The van der Waals surface area contributed by atoms with Gasteiger partial charge in [-0.15, -0.1) is 0 Å². The Kier molecular flexibility index (Phi) is 57.6. The molecule has 0 radical (unpaired) electrons. The molecule has 0 spiro atoms. The quantitative estimate of drug-likeness (QED) is 0.0222. The van der Waals surface area contributed by atoms with Crippen molar-refractivity contribution in [2.24, 2.45) is 23.7 Å². The molecule has 0 aromatic carbocycles. The first kappa shape index (κ1) is 86.1. The van der Waals surface area contributed by atoms with E-state index in [4.69, 9.17) is 37.0 Å². The Morgan fingerprint density at radius 1 is 0.318 bits per heavy atom. The van der Waals surface area contributed by atoms with E-state index in [1.807, 2.05) is 0 Å². The van der Waals surface area contributed by atoms with Crippen LogP contribution in [0.1, 0.15) is 338 Å². The number of hydrogen-bond donors (Lipinski definition) is 3. The van der Waals surface area contributed by atoms with Gasteiger partial charge in [-0.1, -0.05) is 287 Å². The number of phosphoric ester groups is 2. The summed E-state index contributed by atoms with van der Waals surface area (Å²) in [6.45, 7) is 14.1. The Labute approximate surface area is 537 Å². The fourth-order valence-corrected chi connectivity index (χ4v) is 11.9. The fraction of sp³-hybridized carbons (Fsp3) is 0.942. The molecule has 0 fully saturated rings. The Bertz CT molecular complexity index is 1750. The second-order valence-corrected chi connectivity index (χ2v) is 29.5. The highest BCUT2D eigenvalue weighted by molar-refractivity contribution is 7.47. The number of carbonyl (C=O) groups is 4. The van der Waals surface area contributed by atoms with E-state index in [0.717, 1.165) is 114 Å². The summed E-state index contributed by atoms with van der Waals surface area (Å²) in [7, 11) is -9.90. The topological polar surface area (TPSA) is 237 Å². The van der Waals surface area contributed by atoms with Crippen molar-refractivity contribution in [1.82, 2.24) is 0 Å². The van der Waals surface area contributed by atoms with Crippen LogP contribution in [0.25, 0.3) is 0 Å². The normalized spacial score (nSPS) is 14.6. The predicted octanol–water partition coefficient (Wildman–Crippen LogP) is 19.3. The molecular formula is C69H134O17P2. The van der Waals surface area contributed by atoms with E-state index in [1.165, 1.54) is 141 Å². The lowest BCUT2D eigenvalue weighted by Gasteiger charge is -2.21. The molecule has 0 aliphatic carbocycles. The average molecular weight is 1300 g/mol. The minimum atomic E-state index is -4.95. The van der Waals surface area contributed by atoms with Crippen LogP contribution in [0.4, 0.5) is 0 Å². The van der Waals surface area contributed by atoms with Crippen LogP contribution in [-0.4, -0.2) is 96.7 Å². The van der Waals surface area contributed by atoms with Gasteiger partial charge in [-0.05, 0) is 49.4 Å². The third-order valence-electron chi connectivity index (χ3n) is 16.2. The van der Waals surface area contributed by atoms with Crippen LogP contribution in [0.5, 0.6) is 0 Å². The lowest BCUT2D eigenvalue weighted by Crippen LogP contribution is -2.30. The lowest BCUT2D eigenvalue weighted by molar-refractivity contribution is -0.161. The smallest absolute Gasteiger partial charge is 0.462 e. The molecular weight excluding hydrogens is 1160 g/mol. The number of unbranched alkanes of at least 4 members (excludes halogenated alkanes) is 31. The van der Waals surface area contributed by atoms with Crippen molar-refractivity contribution in [1.29, 1.82) is 0 Å². The number of esters is 4. The fourth-order valence-electron chi connectivity index (χ4n) is 10.3. The van der Waals surface area contributed by atoms with Gasteiger partial charge in [-0.3, -0.25) is 37.3 Å². The molecule has 0 amide bonds. The molecule has 0 saturated heterocycles. The molecule has 0 aliphatic heterocycles. The standard InChI is InChI=1S/C69H134O17P2/c1-9-62(8)48-40-32-27-28-36-44-52-69(74)86-65(56-79-66(71)49-41-33-24-17-14-13-16-22-30-38-46-60(4)5)58-84-88(77,78)82-54-63(70)53-81-87(75,76)83-57-64(55-80-67(72)50-42-34-25-20-19-23-31-39-47-61(6)7)85-68(73)51-43-35-26-18-12-10-11-15-21-29-37-45-59(2)3/h59-65,70H,9-58H2,1-8H3,(H,75,76)(H,77,78)/t62?,63?,64-,65-/m1/s1. The molecule has 0 bridgehead atoms. The van der Waals surface area contributed by atoms with Gasteiger partial charge in [0.15, 0.2) is 12.2 Å². The minimum absolute atomic E-state index is 0.102. The molecule has 0 rings (SSSR count). The Morgan fingerprint density at radius 2 is 0.545 bits per heavy atom. The number of aliphatic hydroxyl groups excluding tert-OH is 1. The van der Waals surface area contributed by atoms with Crippen molar-refractivity contribution >= 4 is 39.5 Å². The van der Waals surface area contributed by atoms with E-state index in [-0.39, 0.29) is 25.7 Å². The third kappa shape index (κ3) is 61.6. The number of rotatable bonds is 66. The van der Waals surface area contributed by atoms with Gasteiger partial charge in [0.05, 0.1) is 26.4 Å². The molecule has 17 nitrogen and oxygen atoms in total. The first-order chi connectivity index (χ1) is 42.1. The van der Waals surface area contributed by atoms with E-state index in [1.54, 1.807) is 0 Å². The van der Waals surface area contributed by atoms with Crippen LogP contribution in [0.15, 0.2) is 0 Å². The van der Waals surface area contributed by atoms with Gasteiger partial charge in [0.1, 0.15) is 19.3 Å². The summed E-state index contributed by atoms with van der Waals surface area (Å²) in [6, 6.07) is 0. The van der Waals surface area contributed by atoms with E-state index in [9.17, 15) is 43.2 Å². The summed E-state index contributed by atoms with van der Waals surface area (Å²) in [6.07, 6.45) is 40.3. The minimum Gasteiger partial charge on any atom is -0.462 e. The highest BCUT2D eigenvalue weighted by atomic mass is 31.2. The molecule has 3 N–H and O–H groups in total. The van der Waals surface area contributed by atoms with Crippen molar-refractivity contribution in [3.8, 4) is 0 Å². The number of carbonyl (C=O) groups excluding carboxylic acids is 4. The van der Waals surface area contributed by atoms with Crippen LogP contribution < -0.4 is 0 Å². The van der Waals surface area contributed by atoms with E-state index < -0.39 is 97.5 Å². The number of hydrogen-bond acceptors (Lipinski definition) is 15. The molecule has 88 heavy (non-hydrogen) atoms. The van der Waals surface area contributed by atoms with Crippen LogP contribution in [0.3, 0.4) is 0 Å². The van der Waals surface area contributed by atoms with Crippen LogP contribution in [0, 0.1) is 23.7 Å². The first-order valence-corrected chi connectivity index (χ1v) is 38.7. The van der Waals surface area contributed by atoms with Crippen LogP contribution in [0.2, 0.25) is 0 Å². The molecule has 6 atom stereocenters. The SMILES string of the molecule is CCC(C)CCCCCCCCC(=O)O[C@H](COC(=O)CCCCCCCCCCCCC(C)C)COP(=O)(O)OCC(O)COP(=O)(O)OC[C@@H](COC(=O)CCCCCCCCCCC(C)C)OC(=O)CCCCCCCCCCCCCC(C)C. The monoisotopic (exact) mass is 1300 g/mol. The van der Waals surface area contributed by atoms with Crippen LogP contribution in [-0.2, 0) is 65.4 Å². The van der Waals surface area contributed by atoms with Crippen molar-refractivity contribution < 1.29 is 80.2 Å². The van der Waals surface area contributed by atoms with Crippen molar-refractivity contribution in [2.45, 2.75) is 356 Å². The predicted molar refractivity (Wildman–Crippen MR) is 354 cm³/mol. The first-order valence-electron chi connectivity index (χ1n) is 35.7. The summed E-state index contributed by atoms with van der Waals surface area (Å²) < 4.78 is 68.2. The van der Waals surface area contributed by atoms with Gasteiger partial charge in [0, 0.05) is 25.7 Å². The van der Waals surface area contributed by atoms with Gasteiger partial charge < -0.3 is 33.8 Å². The van der Waals surface area contributed by atoms with Gasteiger partial charge in [-0.25, -0.2) is 9.13 Å². The van der Waals surface area contributed by atoms with Crippen molar-refractivity contribution in [2.75, 3.05) is 39.6 Å². The maximum absolute atomic E-state index is 13.0. The Morgan fingerprint density at radius 3 is 0.807 bits per heavy atom. The highest BCUT2D eigenvalue weighted by Crippen LogP contribution is 2.45. The third-order valence-corrected chi connectivity index (χ3v) is 18.1. The molecule has 0 heterocycles. The summed E-state index contributed by atoms with van der Waals surface area (Å²) >= 11 is 0. The zero-order valence-corrected chi connectivity index (χ0v) is 59.1. The molecule has 4 unspecified atom stereocenters. The maximum Gasteiger partial charge on any atom is 0.472 e. The maximum atomic E-state index is 13.0. The molecule has 0 aliphatic rings. The van der Waals surface area contributed by atoms with Crippen LogP contribution >= 0.6 is 15.6 Å².